The average Bonchev–Trinajstić information content (AvgIpc) is 3.94. The molecule has 6 nitrogen and oxygen atoms in total. The minimum Gasteiger partial charge on any atom is -0.483 e. The topological polar surface area (TPSA) is 66.0 Å². The molecule has 0 radical (unpaired) electrons. The predicted molar refractivity (Wildman–Crippen MR) is 233 cm³/mol. The number of hydrogen-bond donors (Lipinski definition) is 0. The van der Waals surface area contributed by atoms with E-state index in [1.807, 2.05) is 60.7 Å². The van der Waals surface area contributed by atoms with Crippen LogP contribution in [0.4, 0.5) is 0 Å². The molecule has 10 aromatic rings. The summed E-state index contributed by atoms with van der Waals surface area (Å²) in [5.74, 6) is 2.57. The molecule has 0 bridgehead atoms. The van der Waals surface area contributed by atoms with Crippen molar-refractivity contribution in [2.75, 3.05) is 0 Å². The minimum absolute atomic E-state index is 0.395. The average molecular weight is 747 g/mol. The van der Waals surface area contributed by atoms with Crippen molar-refractivity contribution >= 4 is 49.3 Å². The molecule has 0 saturated heterocycles. The predicted octanol–water partition coefficient (Wildman–Crippen LogP) is 12.5. The first kappa shape index (κ1) is 32.7. The Labute approximate surface area is 334 Å². The first-order valence-electron chi connectivity index (χ1n) is 19.6. The van der Waals surface area contributed by atoms with E-state index in [4.69, 9.17) is 24.1 Å². The Kier molecular flexibility index (Phi) is 7.02. The van der Waals surface area contributed by atoms with E-state index in [0.717, 1.165) is 77.8 Å². The highest BCUT2D eigenvalue weighted by Crippen LogP contribution is 2.54. The zero-order valence-electron chi connectivity index (χ0n) is 31.5. The van der Waals surface area contributed by atoms with Gasteiger partial charge in [0.05, 0.1) is 22.0 Å². The van der Waals surface area contributed by atoms with Crippen molar-refractivity contribution < 1.29 is 9.15 Å². The molecule has 12 rings (SSSR count). The summed E-state index contributed by atoms with van der Waals surface area (Å²) in [7, 11) is 0. The van der Waals surface area contributed by atoms with Crippen LogP contribution in [0.2, 0.25) is 0 Å². The van der Waals surface area contributed by atoms with Gasteiger partial charge in [-0.2, -0.15) is 0 Å². The molecule has 1 aliphatic carbocycles. The molecule has 0 spiro atoms. The Bertz CT molecular complexity index is 3340. The molecular formula is C52H34N4O2. The number of fused-ring (bicyclic) bond motifs is 9. The van der Waals surface area contributed by atoms with Gasteiger partial charge in [-0.15, -0.1) is 0 Å². The quantitative estimate of drug-likeness (QED) is 0.175. The van der Waals surface area contributed by atoms with Gasteiger partial charge in [0.2, 0.25) is 0 Å². The maximum Gasteiger partial charge on any atom is 0.167 e. The molecule has 3 aromatic heterocycles. The summed E-state index contributed by atoms with van der Waals surface area (Å²) in [5, 5.41) is 4.48. The second kappa shape index (κ2) is 12.5. The van der Waals surface area contributed by atoms with Crippen LogP contribution in [0.3, 0.4) is 0 Å². The normalized spacial score (nSPS) is 17.1. The van der Waals surface area contributed by atoms with Gasteiger partial charge in [0.1, 0.15) is 23.0 Å². The largest absolute Gasteiger partial charge is 0.483 e. The van der Waals surface area contributed by atoms with Gasteiger partial charge in [0.25, 0.3) is 0 Å². The molecule has 2 atom stereocenters. The lowest BCUT2D eigenvalue weighted by atomic mass is 9.73. The molecule has 2 aliphatic rings. The van der Waals surface area contributed by atoms with Crippen LogP contribution in [-0.4, -0.2) is 25.6 Å². The second-order valence-corrected chi connectivity index (χ2v) is 15.3. The summed E-state index contributed by atoms with van der Waals surface area (Å²) in [6.07, 6.45) is 6.08. The number of rotatable bonds is 5. The van der Waals surface area contributed by atoms with Crippen molar-refractivity contribution in [3.8, 4) is 45.3 Å². The summed E-state index contributed by atoms with van der Waals surface area (Å²) in [6, 6.07) is 56.8. The van der Waals surface area contributed by atoms with E-state index in [9.17, 15) is 0 Å². The van der Waals surface area contributed by atoms with Crippen LogP contribution in [0.5, 0.6) is 5.75 Å². The third-order valence-electron chi connectivity index (χ3n) is 11.9. The van der Waals surface area contributed by atoms with Crippen LogP contribution in [-0.2, 0) is 5.41 Å². The van der Waals surface area contributed by atoms with Crippen molar-refractivity contribution in [3.63, 3.8) is 0 Å². The fraction of sp³-hybridized carbons (Fsp3) is 0.0577. The number of aromatic nitrogens is 4. The van der Waals surface area contributed by atoms with Crippen LogP contribution in [0, 0.1) is 0 Å². The van der Waals surface area contributed by atoms with Crippen molar-refractivity contribution in [2.45, 2.75) is 18.4 Å². The van der Waals surface area contributed by atoms with E-state index in [0.29, 0.717) is 17.5 Å². The molecule has 0 fully saturated rings. The van der Waals surface area contributed by atoms with E-state index >= 15 is 0 Å². The van der Waals surface area contributed by atoms with Crippen molar-refractivity contribution in [1.82, 2.24) is 19.5 Å². The SMILES string of the molecule is CC12C=CC=C(c3nc(-c4ccccc4)nc(-c4cccc5c4oc4ccccc45)n3)C1Oc1c(-c3cccc4c5ccccc5n(-c5ccccc5)c34)cccc12. The van der Waals surface area contributed by atoms with Crippen LogP contribution < -0.4 is 4.74 Å². The van der Waals surface area contributed by atoms with Gasteiger partial charge in [-0.1, -0.05) is 152 Å². The fourth-order valence-corrected chi connectivity index (χ4v) is 9.22. The van der Waals surface area contributed by atoms with Gasteiger partial charge < -0.3 is 13.7 Å². The second-order valence-electron chi connectivity index (χ2n) is 15.3. The monoisotopic (exact) mass is 746 g/mol. The lowest BCUT2D eigenvalue weighted by molar-refractivity contribution is 0.237. The molecule has 0 saturated carbocycles. The van der Waals surface area contributed by atoms with Crippen LogP contribution in [0.1, 0.15) is 18.3 Å². The standard InChI is InChI=1S/C52H34N4O2/c1-52-31-15-27-41(51-54-49(32-16-4-2-5-17-32)53-50(55-51)40-26-13-24-38-35-21-9-11-30-44(35)57-46(38)40)48(52)58-47-39(25-14-28-42(47)52)37-23-12-22-36-34-20-8-10-29-43(34)56(45(36)37)33-18-6-3-7-19-33/h2-31,48H,1H3. The van der Waals surface area contributed by atoms with E-state index in [-0.39, 0.29) is 0 Å². The molecule has 2 unspecified atom stereocenters. The van der Waals surface area contributed by atoms with Gasteiger partial charge in [-0.05, 0) is 37.3 Å². The maximum absolute atomic E-state index is 7.29. The minimum atomic E-state index is -0.492. The van der Waals surface area contributed by atoms with Gasteiger partial charge >= 0.3 is 0 Å². The molecule has 58 heavy (non-hydrogen) atoms. The van der Waals surface area contributed by atoms with Gasteiger partial charge in [0.15, 0.2) is 17.5 Å². The number of allylic oxidation sites excluding steroid dienone is 2. The van der Waals surface area contributed by atoms with Crippen LogP contribution >= 0.6 is 0 Å². The molecule has 7 aromatic carbocycles. The van der Waals surface area contributed by atoms with Gasteiger partial charge in [-0.25, -0.2) is 15.0 Å². The Balaban J connectivity index is 1.03. The number of hydrogen-bond acceptors (Lipinski definition) is 5. The summed E-state index contributed by atoms with van der Waals surface area (Å²) in [6.45, 7) is 2.26. The first-order chi connectivity index (χ1) is 28.6. The molecule has 4 heterocycles. The fourth-order valence-electron chi connectivity index (χ4n) is 9.22. The van der Waals surface area contributed by atoms with Gasteiger partial charge in [-0.3, -0.25) is 0 Å². The van der Waals surface area contributed by atoms with Crippen LogP contribution in [0.25, 0.3) is 88.9 Å². The summed E-state index contributed by atoms with van der Waals surface area (Å²) in [5.41, 5.74) is 10.4. The van der Waals surface area contributed by atoms with E-state index in [1.54, 1.807) is 0 Å². The Morgan fingerprint density at radius 2 is 1.21 bits per heavy atom. The van der Waals surface area contributed by atoms with Crippen molar-refractivity contribution in [2.24, 2.45) is 0 Å². The zero-order chi connectivity index (χ0) is 38.4. The summed E-state index contributed by atoms with van der Waals surface area (Å²) >= 11 is 0. The van der Waals surface area contributed by atoms with E-state index in [2.05, 4.69) is 133 Å². The zero-order valence-corrected chi connectivity index (χ0v) is 31.5. The van der Waals surface area contributed by atoms with E-state index in [1.165, 1.54) is 10.8 Å². The lowest BCUT2D eigenvalue weighted by Crippen LogP contribution is -2.36. The Morgan fingerprint density at radius 1 is 0.552 bits per heavy atom. The number of benzene rings is 7. The van der Waals surface area contributed by atoms with E-state index < -0.39 is 11.5 Å². The highest BCUT2D eigenvalue weighted by molar-refractivity contribution is 6.14. The van der Waals surface area contributed by atoms with Crippen molar-refractivity contribution in [3.05, 3.63) is 193 Å². The number of para-hydroxylation sites is 6. The molecule has 0 amide bonds. The number of ether oxygens (including phenoxy) is 1. The third kappa shape index (κ3) is 4.75. The lowest BCUT2D eigenvalue weighted by Gasteiger charge is -2.31. The molecule has 274 valence electrons. The maximum atomic E-state index is 7.29. The molecule has 1 aliphatic heterocycles. The van der Waals surface area contributed by atoms with Crippen molar-refractivity contribution in [1.29, 1.82) is 0 Å². The number of furan rings is 1. The molecular weight excluding hydrogens is 713 g/mol. The Morgan fingerprint density at radius 3 is 2.07 bits per heavy atom. The highest BCUT2D eigenvalue weighted by Gasteiger charge is 2.48. The highest BCUT2D eigenvalue weighted by atomic mass is 16.5. The third-order valence-corrected chi connectivity index (χ3v) is 11.9. The van der Waals surface area contributed by atoms with Gasteiger partial charge in [0, 0.05) is 55.1 Å². The smallest absolute Gasteiger partial charge is 0.167 e. The molecule has 0 N–H and O–H groups in total. The first-order valence-corrected chi connectivity index (χ1v) is 19.6. The Hall–Kier alpha value is -7.57. The number of nitrogens with zero attached hydrogens (tertiary/aromatic N) is 4. The summed E-state index contributed by atoms with van der Waals surface area (Å²) < 4.78 is 16.2. The van der Waals surface area contributed by atoms with Crippen LogP contribution in [0.15, 0.2) is 186 Å². The molecule has 6 heteroatoms. The summed E-state index contributed by atoms with van der Waals surface area (Å²) in [4.78, 5) is 15.5.